The first-order valence-corrected chi connectivity index (χ1v) is 14.1. The van der Waals surface area contributed by atoms with Crippen LogP contribution in [-0.4, -0.2) is 23.1 Å². The molecule has 0 aliphatic heterocycles. The zero-order valence-electron chi connectivity index (χ0n) is 21.1. The maximum Gasteiger partial charge on any atom is 0.197 e. The van der Waals surface area contributed by atoms with Crippen molar-refractivity contribution in [3.63, 3.8) is 0 Å². The van der Waals surface area contributed by atoms with Crippen molar-refractivity contribution >= 4 is 12.3 Å². The first-order valence-electron chi connectivity index (χ1n) is 13.4. The van der Waals surface area contributed by atoms with Gasteiger partial charge in [0.25, 0.3) is 0 Å². The van der Waals surface area contributed by atoms with E-state index in [0.29, 0.717) is 23.4 Å². The van der Waals surface area contributed by atoms with Crippen molar-refractivity contribution in [3.05, 3.63) is 11.6 Å². The molecule has 0 bridgehead atoms. The minimum atomic E-state index is 0.125. The molecule has 0 aromatic rings. The van der Waals surface area contributed by atoms with Crippen molar-refractivity contribution in [2.24, 2.45) is 46.3 Å². The highest BCUT2D eigenvalue weighted by Gasteiger charge is 2.59. The summed E-state index contributed by atoms with van der Waals surface area (Å²) in [4.78, 5) is 0. The molecule has 4 aliphatic carbocycles. The van der Waals surface area contributed by atoms with Crippen LogP contribution < -0.4 is 0 Å². The monoisotopic (exact) mass is 482 g/mol. The smallest absolute Gasteiger partial charge is 0.197 e. The van der Waals surface area contributed by atoms with Gasteiger partial charge in [-0.25, -0.2) is 5.26 Å². The predicted octanol–water partition coefficient (Wildman–Crippen LogP) is 7.37. The largest absolute Gasteiger partial charge is 0.396 e. The lowest BCUT2D eigenvalue weighted by Gasteiger charge is -2.58. The van der Waals surface area contributed by atoms with Gasteiger partial charge in [-0.2, -0.15) is 0 Å². The molecule has 4 rings (SSSR count). The standard InChI is InChI=1S/C27H46O5S/c1-18(17-28)6-5-7-19(2)23-10-11-24-22-9-8-20-16-21(30-33-32-31-29)12-14-26(20,3)25(22)13-15-27(23,24)4/h8,18-19,21-25,28-29H,5-7,9-17H2,1-4H3/t18?,19-,21+,22+,23-,24+,25+,26+,27-/m1/s1. The summed E-state index contributed by atoms with van der Waals surface area (Å²) >= 11 is 0.732. The third kappa shape index (κ3) is 5.08. The van der Waals surface area contributed by atoms with Crippen LogP contribution in [0.4, 0.5) is 0 Å². The summed E-state index contributed by atoms with van der Waals surface area (Å²) in [5.74, 6) is 4.61. The summed E-state index contributed by atoms with van der Waals surface area (Å²) in [6.45, 7) is 10.2. The van der Waals surface area contributed by atoms with Crippen molar-refractivity contribution in [1.82, 2.24) is 0 Å². The summed E-state index contributed by atoms with van der Waals surface area (Å²) < 4.78 is 10.1. The molecule has 0 spiro atoms. The van der Waals surface area contributed by atoms with Crippen LogP contribution >= 0.6 is 12.3 Å². The highest BCUT2D eigenvalue weighted by atomic mass is 32.2. The fourth-order valence-corrected chi connectivity index (χ4v) is 9.18. The van der Waals surface area contributed by atoms with Crippen LogP contribution in [0.2, 0.25) is 0 Å². The van der Waals surface area contributed by atoms with Gasteiger partial charge in [0.1, 0.15) is 0 Å². The summed E-state index contributed by atoms with van der Waals surface area (Å²) in [5.41, 5.74) is 2.41. The average Bonchev–Trinajstić information content (AvgIpc) is 3.16. The lowest BCUT2D eigenvalue weighted by Crippen LogP contribution is -2.50. The first-order chi connectivity index (χ1) is 15.8. The number of hydrogen-bond donors (Lipinski definition) is 2. The number of aliphatic hydroxyl groups excluding tert-OH is 1. The maximum atomic E-state index is 9.35. The second-order valence-electron chi connectivity index (χ2n) is 12.4. The molecule has 0 aromatic heterocycles. The van der Waals surface area contributed by atoms with E-state index in [4.69, 9.17) is 9.44 Å². The van der Waals surface area contributed by atoms with Gasteiger partial charge in [-0.1, -0.05) is 57.2 Å². The SMILES string of the molecule is CC(CO)CCC[C@@H](C)[C@H]1CC[C@H]2[C@@H]3CC=C4C[C@@H](OSOOO)CC[C@]4(C)[C@H]3CC[C@]12C. The van der Waals surface area contributed by atoms with E-state index in [0.717, 1.165) is 61.2 Å². The van der Waals surface area contributed by atoms with E-state index >= 15 is 0 Å². The fourth-order valence-electron chi connectivity index (χ4n) is 8.85. The van der Waals surface area contributed by atoms with Crippen molar-refractivity contribution in [2.45, 2.75) is 104 Å². The third-order valence-corrected chi connectivity index (χ3v) is 11.2. The van der Waals surface area contributed by atoms with Crippen LogP contribution in [-0.2, 0) is 13.6 Å². The zero-order valence-corrected chi connectivity index (χ0v) is 21.9. The van der Waals surface area contributed by atoms with Crippen molar-refractivity contribution in [1.29, 1.82) is 0 Å². The average molecular weight is 483 g/mol. The summed E-state index contributed by atoms with van der Waals surface area (Å²) in [6, 6.07) is 0. The van der Waals surface area contributed by atoms with E-state index in [9.17, 15) is 5.11 Å². The van der Waals surface area contributed by atoms with Crippen LogP contribution in [0.3, 0.4) is 0 Å². The Balaban J connectivity index is 1.40. The number of fused-ring (bicyclic) bond motifs is 5. The molecule has 3 saturated carbocycles. The molecule has 0 amide bonds. The van der Waals surface area contributed by atoms with Gasteiger partial charge in [0.2, 0.25) is 0 Å². The zero-order chi connectivity index (χ0) is 23.6. The fraction of sp³-hybridized carbons (Fsp3) is 0.926. The first kappa shape index (κ1) is 26.0. The van der Waals surface area contributed by atoms with Crippen LogP contribution in [0.1, 0.15) is 98.3 Å². The molecule has 6 heteroatoms. The maximum absolute atomic E-state index is 9.35. The minimum absolute atomic E-state index is 0.125. The Kier molecular flexibility index (Phi) is 8.56. The highest BCUT2D eigenvalue weighted by Crippen LogP contribution is 2.67. The summed E-state index contributed by atoms with van der Waals surface area (Å²) in [5, 5.41) is 21.3. The lowest BCUT2D eigenvalue weighted by molar-refractivity contribution is -0.434. The molecule has 5 nitrogen and oxygen atoms in total. The van der Waals surface area contributed by atoms with E-state index in [1.807, 2.05) is 0 Å². The third-order valence-electron chi connectivity index (χ3n) is 10.7. The number of hydrogen-bond acceptors (Lipinski definition) is 6. The Morgan fingerprint density at radius 2 is 1.91 bits per heavy atom. The molecule has 1 unspecified atom stereocenters. The van der Waals surface area contributed by atoms with Crippen LogP contribution in [0.15, 0.2) is 11.6 Å². The minimum Gasteiger partial charge on any atom is -0.396 e. The van der Waals surface area contributed by atoms with Crippen LogP contribution in [0.25, 0.3) is 0 Å². The molecule has 0 radical (unpaired) electrons. The highest BCUT2D eigenvalue weighted by molar-refractivity contribution is 7.89. The van der Waals surface area contributed by atoms with E-state index in [1.54, 1.807) is 5.57 Å². The summed E-state index contributed by atoms with van der Waals surface area (Å²) in [6.07, 6.45) is 16.4. The molecule has 33 heavy (non-hydrogen) atoms. The van der Waals surface area contributed by atoms with Crippen LogP contribution in [0.5, 0.6) is 0 Å². The molecule has 190 valence electrons. The molecule has 0 heterocycles. The molecule has 0 saturated heterocycles. The Labute approximate surface area is 205 Å². The quantitative estimate of drug-likeness (QED) is 0.111. The Morgan fingerprint density at radius 1 is 1.09 bits per heavy atom. The van der Waals surface area contributed by atoms with Crippen LogP contribution in [0, 0.1) is 46.3 Å². The topological polar surface area (TPSA) is 68.2 Å². The lowest BCUT2D eigenvalue weighted by atomic mass is 9.47. The predicted molar refractivity (Wildman–Crippen MR) is 132 cm³/mol. The molecule has 0 aromatic carbocycles. The normalized spacial score (nSPS) is 42.1. The van der Waals surface area contributed by atoms with Gasteiger partial charge in [0, 0.05) is 6.61 Å². The van der Waals surface area contributed by atoms with Gasteiger partial charge >= 0.3 is 0 Å². The molecular formula is C27H46O5S. The van der Waals surface area contributed by atoms with Crippen molar-refractivity contribution < 1.29 is 23.9 Å². The van der Waals surface area contributed by atoms with Gasteiger partial charge in [-0.05, 0) is 104 Å². The van der Waals surface area contributed by atoms with Gasteiger partial charge in [0.05, 0.1) is 6.10 Å². The van der Waals surface area contributed by atoms with Gasteiger partial charge < -0.3 is 5.11 Å². The van der Waals surface area contributed by atoms with E-state index < -0.39 is 0 Å². The van der Waals surface area contributed by atoms with Gasteiger partial charge in [0.15, 0.2) is 12.3 Å². The van der Waals surface area contributed by atoms with Gasteiger partial charge in [-0.3, -0.25) is 4.18 Å². The molecular weight excluding hydrogens is 436 g/mol. The molecule has 3 fully saturated rings. The second-order valence-corrected chi connectivity index (χ2v) is 12.8. The van der Waals surface area contributed by atoms with E-state index in [-0.39, 0.29) is 6.10 Å². The number of rotatable bonds is 10. The van der Waals surface area contributed by atoms with Crippen molar-refractivity contribution in [3.8, 4) is 0 Å². The molecule has 4 aliphatic rings. The van der Waals surface area contributed by atoms with Gasteiger partial charge in [-0.15, -0.1) is 4.33 Å². The van der Waals surface area contributed by atoms with E-state index in [1.165, 1.54) is 51.4 Å². The Hall–Kier alpha value is -0.110. The Morgan fingerprint density at radius 3 is 2.67 bits per heavy atom. The van der Waals surface area contributed by atoms with E-state index in [2.05, 4.69) is 43.1 Å². The Bertz CT molecular complexity index is 685. The van der Waals surface area contributed by atoms with Crippen molar-refractivity contribution in [2.75, 3.05) is 6.61 Å². The number of allylic oxidation sites excluding steroid dienone is 1. The molecule has 9 atom stereocenters. The summed E-state index contributed by atoms with van der Waals surface area (Å²) in [7, 11) is 0. The number of aliphatic hydroxyl groups is 1. The second kappa shape index (κ2) is 10.9. The molecule has 2 N–H and O–H groups in total.